The fourth-order valence-electron chi connectivity index (χ4n) is 3.61. The Morgan fingerprint density at radius 1 is 1.27 bits per heavy atom. The summed E-state index contributed by atoms with van der Waals surface area (Å²) in [6.07, 6.45) is 1.33. The van der Waals surface area contributed by atoms with Gasteiger partial charge in [-0.3, -0.25) is 9.36 Å². The number of carbonyl (C=O) groups excluding carboxylic acids is 1. The SMILES string of the molecule is COc1ccc(Br)cc1[C@H]1C(C(=O)OC(C)C)=C(C)N=c2s/c(=C\c3ccc(Br)o3)c(=O)n21. The molecule has 10 heteroatoms. The molecule has 0 aliphatic carbocycles. The summed E-state index contributed by atoms with van der Waals surface area (Å²) in [4.78, 5) is 31.8. The number of halogens is 2. The molecule has 0 bridgehead atoms. The van der Waals surface area contributed by atoms with Gasteiger partial charge in [0.25, 0.3) is 5.56 Å². The highest BCUT2D eigenvalue weighted by Crippen LogP contribution is 2.37. The molecule has 1 aromatic carbocycles. The number of aromatic nitrogens is 1. The molecule has 1 atom stereocenters. The van der Waals surface area contributed by atoms with Gasteiger partial charge in [0.05, 0.1) is 29.0 Å². The molecule has 0 saturated carbocycles. The second kappa shape index (κ2) is 9.44. The minimum absolute atomic E-state index is 0.291. The molecule has 0 saturated heterocycles. The molecule has 0 radical (unpaired) electrons. The Balaban J connectivity index is 2.01. The number of carbonyl (C=O) groups is 1. The quantitative estimate of drug-likeness (QED) is 0.411. The Morgan fingerprint density at radius 2 is 2.03 bits per heavy atom. The average molecular weight is 596 g/mol. The lowest BCUT2D eigenvalue weighted by molar-refractivity contribution is -0.143. The van der Waals surface area contributed by atoms with Crippen molar-refractivity contribution in [2.24, 2.45) is 4.99 Å². The van der Waals surface area contributed by atoms with E-state index in [9.17, 15) is 9.59 Å². The molecule has 1 aliphatic heterocycles. The van der Waals surface area contributed by atoms with E-state index in [1.54, 1.807) is 52.2 Å². The number of thiazole rings is 1. The minimum atomic E-state index is -0.773. The summed E-state index contributed by atoms with van der Waals surface area (Å²) >= 11 is 8.00. The lowest BCUT2D eigenvalue weighted by atomic mass is 9.95. The van der Waals surface area contributed by atoms with Gasteiger partial charge in [-0.15, -0.1) is 0 Å². The number of ether oxygens (including phenoxy) is 2. The molecule has 7 nitrogen and oxygen atoms in total. The molecule has 33 heavy (non-hydrogen) atoms. The summed E-state index contributed by atoms with van der Waals surface area (Å²) in [6.45, 7) is 5.30. The number of rotatable bonds is 5. The number of hydrogen-bond donors (Lipinski definition) is 0. The van der Waals surface area contributed by atoms with Crippen molar-refractivity contribution in [1.29, 1.82) is 0 Å². The lowest BCUT2D eigenvalue weighted by Gasteiger charge is -2.26. The number of furan rings is 1. The summed E-state index contributed by atoms with van der Waals surface area (Å²) in [5.74, 6) is 0.540. The molecule has 172 valence electrons. The van der Waals surface area contributed by atoms with Crippen LogP contribution in [0.15, 0.2) is 64.9 Å². The van der Waals surface area contributed by atoms with E-state index in [0.717, 1.165) is 4.47 Å². The van der Waals surface area contributed by atoms with Gasteiger partial charge in [0.2, 0.25) is 0 Å². The third kappa shape index (κ3) is 4.64. The number of esters is 1. The van der Waals surface area contributed by atoms with Crippen molar-refractivity contribution in [3.63, 3.8) is 0 Å². The number of nitrogens with zero attached hydrogens (tertiary/aromatic N) is 2. The monoisotopic (exact) mass is 594 g/mol. The number of methoxy groups -OCH3 is 1. The molecule has 0 N–H and O–H groups in total. The van der Waals surface area contributed by atoms with E-state index >= 15 is 0 Å². The summed E-state index contributed by atoms with van der Waals surface area (Å²) in [5, 5.41) is 0. The van der Waals surface area contributed by atoms with E-state index in [0.29, 0.717) is 42.3 Å². The van der Waals surface area contributed by atoms with Crippen LogP contribution >= 0.6 is 43.2 Å². The van der Waals surface area contributed by atoms with Crippen molar-refractivity contribution < 1.29 is 18.7 Å². The predicted molar refractivity (Wildman–Crippen MR) is 132 cm³/mol. The van der Waals surface area contributed by atoms with Crippen molar-refractivity contribution >= 4 is 55.2 Å². The average Bonchev–Trinajstić information content (AvgIpc) is 3.29. The molecule has 4 rings (SSSR count). The topological polar surface area (TPSA) is 83.0 Å². The molecular formula is C23H20Br2N2O5S. The van der Waals surface area contributed by atoms with Crippen LogP contribution in [0.3, 0.4) is 0 Å². The first kappa shape index (κ1) is 23.7. The maximum atomic E-state index is 13.6. The standard InChI is InChI=1S/C23H20Br2N2O5S/c1-11(2)31-22(29)19-12(3)26-23-27(20(19)15-9-13(24)5-7-16(15)30-4)21(28)17(33-23)10-14-6-8-18(25)32-14/h5-11,20H,1-4H3/b17-10-/t20-/m0/s1. The fraction of sp³-hybridized carbons (Fsp3) is 0.261. The van der Waals surface area contributed by atoms with Gasteiger partial charge in [-0.2, -0.15) is 0 Å². The van der Waals surface area contributed by atoms with Crippen LogP contribution < -0.4 is 19.6 Å². The zero-order valence-electron chi connectivity index (χ0n) is 18.2. The molecule has 0 unspecified atom stereocenters. The Hall–Kier alpha value is -2.43. The van der Waals surface area contributed by atoms with Crippen molar-refractivity contribution in [1.82, 2.24) is 4.57 Å². The zero-order valence-corrected chi connectivity index (χ0v) is 22.2. The molecule has 1 aliphatic rings. The van der Waals surface area contributed by atoms with Crippen molar-refractivity contribution in [2.75, 3.05) is 7.11 Å². The van der Waals surface area contributed by atoms with E-state index < -0.39 is 12.0 Å². The third-order valence-corrected chi connectivity index (χ3v) is 6.84. The highest BCUT2D eigenvalue weighted by molar-refractivity contribution is 9.10. The Bertz CT molecular complexity index is 1450. The van der Waals surface area contributed by atoms with E-state index in [1.165, 1.54) is 15.9 Å². The maximum absolute atomic E-state index is 13.6. The highest BCUT2D eigenvalue weighted by Gasteiger charge is 2.35. The van der Waals surface area contributed by atoms with E-state index in [1.807, 2.05) is 12.1 Å². The largest absolute Gasteiger partial charge is 0.496 e. The van der Waals surface area contributed by atoms with Crippen molar-refractivity contribution in [2.45, 2.75) is 32.9 Å². The molecule has 2 aromatic heterocycles. The summed E-state index contributed by atoms with van der Waals surface area (Å²) < 4.78 is 20.0. The highest BCUT2D eigenvalue weighted by atomic mass is 79.9. The Kier molecular flexibility index (Phi) is 6.78. The first-order chi connectivity index (χ1) is 15.7. The van der Waals surface area contributed by atoms with Crippen LogP contribution in [0, 0.1) is 0 Å². The number of benzene rings is 1. The van der Waals surface area contributed by atoms with Crippen LogP contribution in [-0.2, 0) is 9.53 Å². The smallest absolute Gasteiger partial charge is 0.338 e. The zero-order chi connectivity index (χ0) is 23.9. The Labute approximate surface area is 210 Å². The van der Waals surface area contributed by atoms with Crippen LogP contribution in [0.25, 0.3) is 6.08 Å². The third-order valence-electron chi connectivity index (χ3n) is 4.94. The number of allylic oxidation sites excluding steroid dienone is 1. The maximum Gasteiger partial charge on any atom is 0.338 e. The summed E-state index contributed by atoms with van der Waals surface area (Å²) in [6, 6.07) is 8.20. The van der Waals surface area contributed by atoms with E-state index in [4.69, 9.17) is 13.9 Å². The van der Waals surface area contributed by atoms with Gasteiger partial charge in [-0.05, 0) is 67.0 Å². The van der Waals surface area contributed by atoms with Crippen LogP contribution in [0.4, 0.5) is 0 Å². The second-order valence-electron chi connectivity index (χ2n) is 7.56. The van der Waals surface area contributed by atoms with Gasteiger partial charge in [0.15, 0.2) is 9.47 Å². The molecule has 0 amide bonds. The van der Waals surface area contributed by atoms with E-state index in [2.05, 4.69) is 36.9 Å². The fourth-order valence-corrected chi connectivity index (χ4v) is 5.33. The van der Waals surface area contributed by atoms with Crippen molar-refractivity contribution in [3.05, 3.63) is 81.8 Å². The van der Waals surface area contributed by atoms with Crippen molar-refractivity contribution in [3.8, 4) is 5.75 Å². The number of hydrogen-bond acceptors (Lipinski definition) is 7. The van der Waals surface area contributed by atoms with Gasteiger partial charge in [0.1, 0.15) is 17.6 Å². The molecule has 3 heterocycles. The predicted octanol–water partition coefficient (Wildman–Crippen LogP) is 4.31. The van der Waals surface area contributed by atoms with E-state index in [-0.39, 0.29) is 11.7 Å². The Morgan fingerprint density at radius 3 is 2.67 bits per heavy atom. The first-order valence-corrected chi connectivity index (χ1v) is 12.4. The van der Waals surface area contributed by atoms with Crippen LogP contribution in [0.2, 0.25) is 0 Å². The lowest BCUT2D eigenvalue weighted by Crippen LogP contribution is -2.40. The van der Waals surface area contributed by atoms with Gasteiger partial charge < -0.3 is 13.9 Å². The molecule has 0 spiro atoms. The van der Waals surface area contributed by atoms with Gasteiger partial charge in [-0.1, -0.05) is 27.3 Å². The number of fused-ring (bicyclic) bond motifs is 1. The molecular weight excluding hydrogens is 576 g/mol. The molecule has 0 fully saturated rings. The second-order valence-corrected chi connectivity index (χ2v) is 10.3. The summed E-state index contributed by atoms with van der Waals surface area (Å²) in [7, 11) is 1.55. The molecule has 3 aromatic rings. The van der Waals surface area contributed by atoms with Crippen LogP contribution in [0.5, 0.6) is 5.75 Å². The first-order valence-electron chi connectivity index (χ1n) is 10.0. The normalized spacial score (nSPS) is 16.1. The van der Waals surface area contributed by atoms with Gasteiger partial charge in [0, 0.05) is 16.1 Å². The van der Waals surface area contributed by atoms with Crippen LogP contribution in [-0.4, -0.2) is 23.8 Å². The van der Waals surface area contributed by atoms with Gasteiger partial charge in [-0.25, -0.2) is 9.79 Å². The summed E-state index contributed by atoms with van der Waals surface area (Å²) in [5.41, 5.74) is 1.13. The minimum Gasteiger partial charge on any atom is -0.496 e. The van der Waals surface area contributed by atoms with Gasteiger partial charge >= 0.3 is 5.97 Å². The van der Waals surface area contributed by atoms with Crippen LogP contribution in [0.1, 0.15) is 38.1 Å².